The zero-order valence-electron chi connectivity index (χ0n) is 25.6. The molecule has 4 heterocycles. The molecule has 0 unspecified atom stereocenters. The number of fused-ring (bicyclic) bond motifs is 4. The lowest BCUT2D eigenvalue weighted by atomic mass is 10.0. The Hall–Kier alpha value is -3.72. The Morgan fingerprint density at radius 2 is 1.59 bits per heavy atom. The molecule has 3 fully saturated rings. The topological polar surface area (TPSA) is 77.8 Å². The van der Waals surface area contributed by atoms with Crippen LogP contribution in [0.15, 0.2) is 69.9 Å². The second-order valence-electron chi connectivity index (χ2n) is 11.9. The lowest BCUT2D eigenvalue weighted by Crippen LogP contribution is -2.54. The highest BCUT2D eigenvalue weighted by Crippen LogP contribution is 2.45. The Morgan fingerprint density at radius 1 is 0.864 bits per heavy atom. The van der Waals surface area contributed by atoms with Crippen LogP contribution in [-0.2, 0) is 4.79 Å². The molecule has 0 bridgehead atoms. The molecule has 8 heteroatoms. The number of benzene rings is 3. The summed E-state index contributed by atoms with van der Waals surface area (Å²) in [5, 5.41) is 9.51. The van der Waals surface area contributed by atoms with Crippen molar-refractivity contribution in [3.05, 3.63) is 70.9 Å². The fraction of sp³-hybridized carbons (Fsp3) is 0.389. The summed E-state index contributed by atoms with van der Waals surface area (Å²) in [6.45, 7) is 9.53. The summed E-state index contributed by atoms with van der Waals surface area (Å²) in [5.41, 5.74) is 3.11. The van der Waals surface area contributed by atoms with Crippen molar-refractivity contribution in [1.82, 2.24) is 10.2 Å². The smallest absolute Gasteiger partial charge is 0.244 e. The van der Waals surface area contributed by atoms with Crippen LogP contribution in [-0.4, -0.2) is 55.6 Å². The van der Waals surface area contributed by atoms with Crippen molar-refractivity contribution >= 4 is 60.0 Å². The first-order chi connectivity index (χ1) is 21.6. The van der Waals surface area contributed by atoms with E-state index in [0.717, 1.165) is 102 Å². The molecule has 8 rings (SSSR count). The lowest BCUT2D eigenvalue weighted by molar-refractivity contribution is -0.123. The number of piperidine rings is 1. The first-order valence-electron chi connectivity index (χ1n) is 16.2. The Kier molecular flexibility index (Phi) is 7.91. The maximum Gasteiger partial charge on any atom is 0.244 e. The number of para-hydroxylation sites is 1. The van der Waals surface area contributed by atoms with Crippen LogP contribution in [0.3, 0.4) is 0 Å². The second kappa shape index (κ2) is 12.0. The number of piperazine rings is 1. The Bertz CT molecular complexity index is 1890. The molecule has 0 spiro atoms. The van der Waals surface area contributed by atoms with Gasteiger partial charge in [0.1, 0.15) is 11.1 Å². The monoisotopic (exact) mass is 608 g/mol. The average Bonchev–Trinajstić information content (AvgIpc) is 3.82. The zero-order chi connectivity index (χ0) is 30.3. The summed E-state index contributed by atoms with van der Waals surface area (Å²) in [4.78, 5) is 31.2. The van der Waals surface area contributed by atoms with Gasteiger partial charge in [-0.05, 0) is 56.4 Å². The predicted molar refractivity (Wildman–Crippen MR) is 183 cm³/mol. The molecule has 7 nitrogen and oxygen atoms in total. The van der Waals surface area contributed by atoms with Crippen molar-refractivity contribution in [2.24, 2.45) is 0 Å². The molecule has 0 radical (unpaired) electrons. The highest BCUT2D eigenvalue weighted by molar-refractivity contribution is 7.26. The summed E-state index contributed by atoms with van der Waals surface area (Å²) in [6.07, 6.45) is 5.29. The summed E-state index contributed by atoms with van der Waals surface area (Å²) in [7, 11) is 0. The van der Waals surface area contributed by atoms with Gasteiger partial charge in [-0.1, -0.05) is 44.2 Å². The molecule has 228 valence electrons. The molecule has 3 aromatic carbocycles. The normalized spacial score (nSPS) is 18.3. The average molecular weight is 609 g/mol. The maximum absolute atomic E-state index is 13.5. The van der Waals surface area contributed by atoms with Gasteiger partial charge < -0.3 is 20.0 Å². The maximum atomic E-state index is 13.5. The van der Waals surface area contributed by atoms with Crippen LogP contribution in [0, 0.1) is 0 Å². The SMILES string of the molecule is CC.O=C(Nc1ccc2sc3c(-c4cccc5c(=O)cc(N6CCCCC6)oc45)cccc3c2c1)C1(N2CCNCC2)CC1. The van der Waals surface area contributed by atoms with Gasteiger partial charge in [-0.15, -0.1) is 11.3 Å². The van der Waals surface area contributed by atoms with Gasteiger partial charge >= 0.3 is 0 Å². The van der Waals surface area contributed by atoms with Crippen molar-refractivity contribution < 1.29 is 9.21 Å². The molecule has 0 atom stereocenters. The molecule has 1 aliphatic carbocycles. The Balaban J connectivity index is 0.00000153. The van der Waals surface area contributed by atoms with Gasteiger partial charge in [0.25, 0.3) is 0 Å². The molecule has 3 aliphatic rings. The van der Waals surface area contributed by atoms with Crippen LogP contribution >= 0.6 is 11.3 Å². The molecule has 2 aliphatic heterocycles. The number of rotatable bonds is 5. The van der Waals surface area contributed by atoms with E-state index in [1.807, 2.05) is 32.0 Å². The molecule has 44 heavy (non-hydrogen) atoms. The van der Waals surface area contributed by atoms with Gasteiger partial charge in [0.2, 0.25) is 5.91 Å². The number of carbonyl (C=O) groups excluding carboxylic acids is 1. The van der Waals surface area contributed by atoms with Crippen LogP contribution in [0.2, 0.25) is 0 Å². The van der Waals surface area contributed by atoms with Crippen molar-refractivity contribution in [3.8, 4) is 11.1 Å². The fourth-order valence-electron chi connectivity index (χ4n) is 6.88. The van der Waals surface area contributed by atoms with E-state index < -0.39 is 0 Å². The van der Waals surface area contributed by atoms with Crippen molar-refractivity contribution in [3.63, 3.8) is 0 Å². The lowest BCUT2D eigenvalue weighted by Gasteiger charge is -2.34. The van der Waals surface area contributed by atoms with Crippen LogP contribution in [0.25, 0.3) is 42.3 Å². The van der Waals surface area contributed by atoms with Gasteiger partial charge in [-0.2, -0.15) is 0 Å². The number of hydrogen-bond acceptors (Lipinski definition) is 7. The van der Waals surface area contributed by atoms with Crippen LogP contribution in [0.5, 0.6) is 0 Å². The highest BCUT2D eigenvalue weighted by atomic mass is 32.1. The van der Waals surface area contributed by atoms with Gasteiger partial charge in [0.05, 0.1) is 5.39 Å². The van der Waals surface area contributed by atoms with Gasteiger partial charge in [-0.3, -0.25) is 14.5 Å². The number of carbonyl (C=O) groups is 1. The van der Waals surface area contributed by atoms with Crippen molar-refractivity contribution in [2.45, 2.75) is 51.5 Å². The van der Waals surface area contributed by atoms with Crippen molar-refractivity contribution in [1.29, 1.82) is 0 Å². The van der Waals surface area contributed by atoms with E-state index in [-0.39, 0.29) is 16.9 Å². The van der Waals surface area contributed by atoms with E-state index in [4.69, 9.17) is 4.42 Å². The van der Waals surface area contributed by atoms with E-state index in [1.54, 1.807) is 17.4 Å². The zero-order valence-corrected chi connectivity index (χ0v) is 26.4. The van der Waals surface area contributed by atoms with E-state index in [9.17, 15) is 9.59 Å². The molecule has 2 saturated heterocycles. The second-order valence-corrected chi connectivity index (χ2v) is 12.9. The molecule has 1 amide bonds. The summed E-state index contributed by atoms with van der Waals surface area (Å²) >= 11 is 1.74. The summed E-state index contributed by atoms with van der Waals surface area (Å²) in [6, 6.07) is 20.1. The van der Waals surface area contributed by atoms with E-state index in [2.05, 4.69) is 56.8 Å². The summed E-state index contributed by atoms with van der Waals surface area (Å²) < 4.78 is 8.83. The minimum Gasteiger partial charge on any atom is -0.440 e. The highest BCUT2D eigenvalue weighted by Gasteiger charge is 2.54. The number of anilines is 2. The van der Waals surface area contributed by atoms with Gasteiger partial charge in [-0.25, -0.2) is 0 Å². The minimum absolute atomic E-state index is 0.00294. The first kappa shape index (κ1) is 29.0. The van der Waals surface area contributed by atoms with Crippen LogP contribution in [0.4, 0.5) is 11.6 Å². The third kappa shape index (κ3) is 5.09. The largest absolute Gasteiger partial charge is 0.440 e. The minimum atomic E-state index is -0.355. The standard InChI is InChI=1S/C34H34N4O3S.C2H6/c39-28-21-30(37-16-2-1-3-17-37)41-31-23(6-4-9-26(28)31)24-7-5-8-25-27-20-22(10-11-29(27)42-32(24)25)36-33(40)34(12-13-34)38-18-14-35-15-19-38;1-2/h4-11,20-21,35H,1-3,12-19H2,(H,36,40);1-2H3. The third-order valence-corrected chi connectivity index (χ3v) is 10.5. The third-order valence-electron chi connectivity index (χ3n) is 9.32. The number of hydrogen-bond donors (Lipinski definition) is 2. The number of nitrogens with zero attached hydrogens (tertiary/aromatic N) is 2. The van der Waals surface area contributed by atoms with E-state index >= 15 is 0 Å². The molecule has 2 aromatic heterocycles. The molecule has 1 saturated carbocycles. The Morgan fingerprint density at radius 3 is 2.34 bits per heavy atom. The Labute approximate surface area is 261 Å². The van der Waals surface area contributed by atoms with Gasteiger partial charge in [0.15, 0.2) is 11.3 Å². The first-order valence-corrected chi connectivity index (χ1v) is 17.0. The quantitative estimate of drug-likeness (QED) is 0.219. The van der Waals surface area contributed by atoms with E-state index in [0.29, 0.717) is 16.9 Å². The van der Waals surface area contributed by atoms with Crippen molar-refractivity contribution in [2.75, 3.05) is 49.5 Å². The summed E-state index contributed by atoms with van der Waals surface area (Å²) in [5.74, 6) is 0.775. The van der Waals surface area contributed by atoms with Crippen LogP contribution < -0.4 is 21.0 Å². The molecule has 5 aromatic rings. The molecular formula is C36H40N4O3S. The molecular weight excluding hydrogens is 568 g/mol. The van der Waals surface area contributed by atoms with Gasteiger partial charge in [0, 0.05) is 82.3 Å². The number of thiophene rings is 1. The molecule has 2 N–H and O–H groups in total. The van der Waals surface area contributed by atoms with E-state index in [1.165, 1.54) is 6.42 Å². The van der Waals surface area contributed by atoms with Crippen LogP contribution in [0.1, 0.15) is 46.0 Å². The number of nitrogens with one attached hydrogen (secondary N) is 2. The number of amides is 1. The fourth-order valence-corrected chi connectivity index (χ4v) is 8.09. The predicted octanol–water partition coefficient (Wildman–Crippen LogP) is 7.22.